The van der Waals surface area contributed by atoms with E-state index in [-0.39, 0.29) is 5.02 Å². The monoisotopic (exact) mass is 599 g/mol. The Morgan fingerprint density at radius 3 is 1.18 bits per heavy atom. The first-order chi connectivity index (χ1) is 16.8. The number of halogens is 1. The van der Waals surface area contributed by atoms with Gasteiger partial charge in [-0.2, -0.15) is 0 Å². The number of hydrogen-bond acceptors (Lipinski definition) is 21. The third-order valence-electron chi connectivity index (χ3n) is 6.48. The number of benzene rings is 1. The molecule has 1 saturated carbocycles. The van der Waals surface area contributed by atoms with Crippen molar-refractivity contribution in [2.75, 3.05) is 0 Å². The second kappa shape index (κ2) is 8.84. The summed E-state index contributed by atoms with van der Waals surface area (Å²) in [4.78, 5) is -1.87. The van der Waals surface area contributed by atoms with Crippen LogP contribution < -0.4 is 0 Å². The van der Waals surface area contributed by atoms with Gasteiger partial charge in [-0.1, -0.05) is 23.7 Å². The predicted octanol–water partition coefficient (Wildman–Crippen LogP) is -10.8. The topological polar surface area (TPSA) is 408 Å². The van der Waals surface area contributed by atoms with Gasteiger partial charge < -0.3 is 102 Å². The van der Waals surface area contributed by atoms with Gasteiger partial charge in [0.15, 0.2) is 11.1 Å². The molecule has 0 spiro atoms. The van der Waals surface area contributed by atoms with E-state index >= 15 is 0 Å². The second-order valence-corrected chi connectivity index (χ2v) is 9.37. The Bertz CT molecular complexity index is 1020. The molecule has 0 bridgehead atoms. The van der Waals surface area contributed by atoms with Crippen LogP contribution in [0.1, 0.15) is 12.0 Å². The molecule has 2 rings (SSSR count). The van der Waals surface area contributed by atoms with Crippen LogP contribution in [0, 0.1) is 0 Å². The van der Waals surface area contributed by atoms with Crippen LogP contribution in [0.3, 0.4) is 0 Å². The highest BCUT2D eigenvalue weighted by Crippen LogP contribution is 2.68. The molecule has 20 N–H and O–H groups in total. The maximum atomic E-state index is 11.6. The summed E-state index contributed by atoms with van der Waals surface area (Å²) in [5.41, 5.74) is -16.5. The molecule has 1 atom stereocenters. The van der Waals surface area contributed by atoms with Crippen molar-refractivity contribution in [3.05, 3.63) is 34.9 Å². The van der Waals surface area contributed by atoms with E-state index in [4.69, 9.17) is 11.6 Å². The van der Waals surface area contributed by atoms with Gasteiger partial charge in [-0.3, -0.25) is 0 Å². The quantitative estimate of drug-likeness (QED) is 0.117. The lowest BCUT2D eigenvalue weighted by Gasteiger charge is -2.73. The van der Waals surface area contributed by atoms with Crippen LogP contribution in [-0.2, 0) is 5.41 Å². The molecule has 22 heteroatoms. The molecule has 0 aliphatic heterocycles. The predicted molar refractivity (Wildman–Crippen MR) is 109 cm³/mol. The van der Waals surface area contributed by atoms with Crippen molar-refractivity contribution in [3.8, 4) is 0 Å². The highest BCUT2D eigenvalue weighted by molar-refractivity contribution is 6.30. The first-order valence-electron chi connectivity index (χ1n) is 9.86. The van der Waals surface area contributed by atoms with Crippen molar-refractivity contribution in [1.29, 1.82) is 0 Å². The van der Waals surface area contributed by atoms with E-state index in [1.807, 2.05) is 0 Å². The molecule has 0 saturated heterocycles. The fourth-order valence-corrected chi connectivity index (χ4v) is 4.86. The van der Waals surface area contributed by atoms with Gasteiger partial charge in [0, 0.05) is 11.4 Å². The highest BCUT2D eigenvalue weighted by atomic mass is 35.5. The van der Waals surface area contributed by atoms with E-state index in [2.05, 4.69) is 0 Å². The fraction of sp³-hybridized carbons (Fsp3) is 0.647. The van der Waals surface area contributed by atoms with Gasteiger partial charge in [-0.25, -0.2) is 0 Å². The maximum Gasteiger partial charge on any atom is 0.354 e. The Balaban J connectivity index is 3.31. The summed E-state index contributed by atoms with van der Waals surface area (Å²) >= 11 is 5.67. The van der Waals surface area contributed by atoms with Gasteiger partial charge in [0.05, 0.1) is 0 Å². The second-order valence-electron chi connectivity index (χ2n) is 8.93. The Kier molecular flexibility index (Phi) is 7.67. The summed E-state index contributed by atoms with van der Waals surface area (Å²) in [7, 11) is 0. The first kappa shape index (κ1) is 33.9. The van der Waals surface area contributed by atoms with Crippen LogP contribution >= 0.6 is 11.6 Å². The first-order valence-corrected chi connectivity index (χ1v) is 10.2. The van der Waals surface area contributed by atoms with Gasteiger partial charge in [-0.05, 0) is 17.7 Å². The molecule has 0 aromatic heterocycles. The Hall–Kier alpha value is -1.33. The molecular formula is C17H26ClNO20. The zero-order chi connectivity index (χ0) is 31.3. The lowest BCUT2D eigenvalue weighted by Crippen LogP contribution is -3.01. The minimum atomic E-state index is -5.27. The number of hydrogen-bond donors (Lipinski definition) is 20. The molecule has 226 valence electrons. The number of nitrogens with zero attached hydrogens (tertiary/aromatic N) is 1. The number of aliphatic hydroxyl groups is 20. The standard InChI is InChI=1S/C17H26ClNO20/c18-7-3-1-6(2-4-7)10(11(22,23)13(26,27)12(10,24)25)9(21,19(16(34,35)36)17(37,38)39)5-8(20,14(28,29)30)15(31,32)33/h1-4,20-39H,5H2. The van der Waals surface area contributed by atoms with E-state index in [9.17, 15) is 102 Å². The van der Waals surface area contributed by atoms with Crippen molar-refractivity contribution >= 4 is 11.6 Å². The van der Waals surface area contributed by atoms with Crippen LogP contribution in [0.25, 0.3) is 0 Å². The van der Waals surface area contributed by atoms with E-state index in [0.29, 0.717) is 24.3 Å². The van der Waals surface area contributed by atoms with Gasteiger partial charge in [0.2, 0.25) is 17.2 Å². The van der Waals surface area contributed by atoms with Crippen LogP contribution in [-0.4, -0.2) is 160 Å². The van der Waals surface area contributed by atoms with Crippen molar-refractivity contribution in [3.63, 3.8) is 0 Å². The Morgan fingerprint density at radius 2 is 0.897 bits per heavy atom. The summed E-state index contributed by atoms with van der Waals surface area (Å²) in [6, 6.07) is 2.12. The van der Waals surface area contributed by atoms with Gasteiger partial charge in [0.1, 0.15) is 0 Å². The van der Waals surface area contributed by atoms with E-state index in [1.54, 1.807) is 0 Å². The van der Waals surface area contributed by atoms with E-state index < -0.39 is 75.1 Å². The molecule has 21 nitrogen and oxygen atoms in total. The molecule has 1 unspecified atom stereocenters. The zero-order valence-corrected chi connectivity index (χ0v) is 19.5. The molecule has 1 fully saturated rings. The maximum absolute atomic E-state index is 11.6. The number of rotatable bonds is 9. The van der Waals surface area contributed by atoms with Crippen molar-refractivity contribution in [2.24, 2.45) is 0 Å². The van der Waals surface area contributed by atoms with E-state index in [1.165, 1.54) is 0 Å². The Morgan fingerprint density at radius 1 is 0.564 bits per heavy atom. The highest BCUT2D eigenvalue weighted by Gasteiger charge is 2.97. The molecule has 1 aromatic rings. The molecule has 0 amide bonds. The molecule has 39 heavy (non-hydrogen) atoms. The molecule has 0 radical (unpaired) electrons. The van der Waals surface area contributed by atoms with Crippen molar-refractivity contribution in [1.82, 2.24) is 4.90 Å². The molecular weight excluding hydrogens is 574 g/mol. The third-order valence-corrected chi connectivity index (χ3v) is 6.73. The normalized spacial score (nSPS) is 22.8. The molecule has 0 heterocycles. The molecule has 1 aliphatic carbocycles. The van der Waals surface area contributed by atoms with Crippen LogP contribution in [0.4, 0.5) is 0 Å². The fourth-order valence-electron chi connectivity index (χ4n) is 4.73. The average Bonchev–Trinajstić information content (AvgIpc) is 2.64. The van der Waals surface area contributed by atoms with Crippen LogP contribution in [0.5, 0.6) is 0 Å². The molecule has 1 aromatic carbocycles. The van der Waals surface area contributed by atoms with Crippen molar-refractivity contribution < 1.29 is 102 Å². The van der Waals surface area contributed by atoms with Gasteiger partial charge in [-0.15, -0.1) is 4.90 Å². The summed E-state index contributed by atoms with van der Waals surface area (Å²) in [5.74, 6) is -25.0. The summed E-state index contributed by atoms with van der Waals surface area (Å²) in [5, 5.41) is 201. The lowest BCUT2D eigenvalue weighted by molar-refractivity contribution is -0.626. The average molecular weight is 600 g/mol. The largest absolute Gasteiger partial charge is 0.375 e. The Labute approximate surface area is 218 Å². The van der Waals surface area contributed by atoms with Gasteiger partial charge >= 0.3 is 24.1 Å². The van der Waals surface area contributed by atoms with Crippen molar-refractivity contribution in [2.45, 2.75) is 64.7 Å². The molecule has 1 aliphatic rings. The smallest absolute Gasteiger partial charge is 0.354 e. The summed E-state index contributed by atoms with van der Waals surface area (Å²) in [6.07, 6.45) is -13.7. The SMILES string of the molecule is OC(O)(O)N(C(O)(O)O)C(O)(CC(O)(C(O)(O)O)C(O)(O)O)C1(c2ccc(Cl)cc2)C(O)(O)C(O)(O)C1(O)O. The summed E-state index contributed by atoms with van der Waals surface area (Å²) < 4.78 is 0. The van der Waals surface area contributed by atoms with Crippen LogP contribution in [0.15, 0.2) is 24.3 Å². The van der Waals surface area contributed by atoms with Crippen LogP contribution in [0.2, 0.25) is 5.02 Å². The lowest BCUT2D eigenvalue weighted by atomic mass is 9.44. The minimum Gasteiger partial charge on any atom is -0.375 e. The summed E-state index contributed by atoms with van der Waals surface area (Å²) in [6.45, 7) is 0. The van der Waals surface area contributed by atoms with Gasteiger partial charge in [0.25, 0.3) is 5.79 Å². The minimum absolute atomic E-state index is 0.311. The third kappa shape index (κ3) is 4.26. The zero-order valence-electron chi connectivity index (χ0n) is 18.8. The van der Waals surface area contributed by atoms with E-state index in [0.717, 1.165) is 0 Å².